The van der Waals surface area contributed by atoms with Crippen LogP contribution in [0.5, 0.6) is 6.01 Å². The van der Waals surface area contributed by atoms with Crippen LogP contribution >= 0.6 is 11.6 Å². The molecule has 0 bridgehead atoms. The summed E-state index contributed by atoms with van der Waals surface area (Å²) < 4.78 is 42.0. The van der Waals surface area contributed by atoms with Crippen molar-refractivity contribution in [1.29, 1.82) is 0 Å². The Morgan fingerprint density at radius 3 is 2.39 bits per heavy atom. The van der Waals surface area contributed by atoms with E-state index >= 15 is 0 Å². The highest BCUT2D eigenvalue weighted by Gasteiger charge is 2.31. The van der Waals surface area contributed by atoms with Crippen molar-refractivity contribution in [1.82, 2.24) is 15.0 Å². The van der Waals surface area contributed by atoms with Crippen LogP contribution in [0.3, 0.4) is 0 Å². The van der Waals surface area contributed by atoms with Crippen molar-refractivity contribution in [3.63, 3.8) is 0 Å². The van der Waals surface area contributed by atoms with Crippen LogP contribution in [0.1, 0.15) is 13.8 Å². The molecular formula is C9H12ClF3N4O. The Morgan fingerprint density at radius 1 is 1.22 bits per heavy atom. The van der Waals surface area contributed by atoms with Gasteiger partial charge in [0.05, 0.1) is 6.61 Å². The highest BCUT2D eigenvalue weighted by molar-refractivity contribution is 6.28. The highest BCUT2D eigenvalue weighted by Crippen LogP contribution is 2.21. The average molecular weight is 285 g/mol. The third-order valence-corrected chi connectivity index (χ3v) is 2.05. The zero-order chi connectivity index (χ0) is 13.8. The molecular weight excluding hydrogens is 273 g/mol. The Bertz CT molecular complexity index is 402. The maximum Gasteiger partial charge on any atom is 0.406 e. The van der Waals surface area contributed by atoms with Gasteiger partial charge in [0.15, 0.2) is 0 Å². The summed E-state index contributed by atoms with van der Waals surface area (Å²) in [5, 5.41) is -0.205. The number of nitrogens with zero attached hydrogens (tertiary/aromatic N) is 4. The second kappa shape index (κ2) is 6.03. The van der Waals surface area contributed by atoms with Crippen LogP contribution in [0.15, 0.2) is 0 Å². The summed E-state index contributed by atoms with van der Waals surface area (Å²) in [5.74, 6) is -0.154. The van der Waals surface area contributed by atoms with Crippen LogP contribution in [-0.4, -0.2) is 40.8 Å². The van der Waals surface area contributed by atoms with E-state index in [1.54, 1.807) is 13.8 Å². The Balaban J connectivity index is 2.98. The molecule has 9 heteroatoms. The minimum Gasteiger partial charge on any atom is -0.464 e. The lowest BCUT2D eigenvalue weighted by Crippen LogP contribution is -2.35. The largest absolute Gasteiger partial charge is 0.464 e. The van der Waals surface area contributed by atoms with Gasteiger partial charge in [0.1, 0.15) is 6.54 Å². The van der Waals surface area contributed by atoms with Crippen LogP contribution in [0.2, 0.25) is 5.28 Å². The summed E-state index contributed by atoms with van der Waals surface area (Å²) in [5.41, 5.74) is 0. The smallest absolute Gasteiger partial charge is 0.406 e. The topological polar surface area (TPSA) is 51.1 Å². The molecule has 0 aromatic carbocycles. The van der Waals surface area contributed by atoms with Crippen molar-refractivity contribution in [3.8, 4) is 6.01 Å². The summed E-state index contributed by atoms with van der Waals surface area (Å²) in [4.78, 5) is 12.0. The molecule has 0 atom stereocenters. The van der Waals surface area contributed by atoms with Crippen molar-refractivity contribution >= 4 is 17.5 Å². The number of hydrogen-bond donors (Lipinski definition) is 0. The van der Waals surface area contributed by atoms with Gasteiger partial charge in [-0.1, -0.05) is 0 Å². The third-order valence-electron chi connectivity index (χ3n) is 1.88. The molecule has 1 rings (SSSR count). The van der Waals surface area contributed by atoms with E-state index in [9.17, 15) is 13.2 Å². The Morgan fingerprint density at radius 2 is 1.89 bits per heavy atom. The maximum atomic E-state index is 12.4. The number of hydrogen-bond acceptors (Lipinski definition) is 5. The third kappa shape index (κ3) is 4.52. The van der Waals surface area contributed by atoms with E-state index in [1.165, 1.54) is 0 Å². The van der Waals surface area contributed by atoms with Gasteiger partial charge in [0, 0.05) is 6.54 Å². The lowest BCUT2D eigenvalue weighted by Gasteiger charge is -2.22. The number of halogens is 4. The zero-order valence-corrected chi connectivity index (χ0v) is 10.6. The van der Waals surface area contributed by atoms with E-state index in [2.05, 4.69) is 15.0 Å². The van der Waals surface area contributed by atoms with Crippen molar-refractivity contribution < 1.29 is 17.9 Å². The Kier molecular flexibility index (Phi) is 4.94. The van der Waals surface area contributed by atoms with E-state index in [0.29, 0.717) is 0 Å². The maximum absolute atomic E-state index is 12.4. The van der Waals surface area contributed by atoms with Gasteiger partial charge in [-0.25, -0.2) is 0 Å². The van der Waals surface area contributed by atoms with E-state index < -0.39 is 12.7 Å². The fourth-order valence-electron chi connectivity index (χ4n) is 1.20. The summed E-state index contributed by atoms with van der Waals surface area (Å²) in [6.07, 6.45) is -4.35. The van der Waals surface area contributed by atoms with E-state index in [-0.39, 0.29) is 30.4 Å². The summed E-state index contributed by atoms with van der Waals surface area (Å²) >= 11 is 5.61. The second-order valence-corrected chi connectivity index (χ2v) is 3.59. The molecule has 0 amide bonds. The summed E-state index contributed by atoms with van der Waals surface area (Å²) in [6.45, 7) is 2.47. The molecule has 0 unspecified atom stereocenters. The summed E-state index contributed by atoms with van der Waals surface area (Å²) in [7, 11) is 0. The Hall–Kier alpha value is -1.31. The van der Waals surface area contributed by atoms with Crippen LogP contribution in [0.4, 0.5) is 19.1 Å². The molecule has 0 aliphatic heterocycles. The molecule has 5 nitrogen and oxygen atoms in total. The lowest BCUT2D eigenvalue weighted by molar-refractivity contribution is -0.119. The van der Waals surface area contributed by atoms with Crippen LogP contribution < -0.4 is 9.64 Å². The number of ether oxygens (including phenoxy) is 1. The second-order valence-electron chi connectivity index (χ2n) is 3.25. The number of alkyl halides is 3. The van der Waals surface area contributed by atoms with Crippen molar-refractivity contribution in [2.24, 2.45) is 0 Å². The van der Waals surface area contributed by atoms with Gasteiger partial charge in [0.2, 0.25) is 11.2 Å². The van der Waals surface area contributed by atoms with Gasteiger partial charge >= 0.3 is 12.2 Å². The van der Waals surface area contributed by atoms with Crippen molar-refractivity contribution in [2.45, 2.75) is 20.0 Å². The highest BCUT2D eigenvalue weighted by atomic mass is 35.5. The molecule has 0 aliphatic rings. The van der Waals surface area contributed by atoms with E-state index in [0.717, 1.165) is 4.90 Å². The predicted octanol–water partition coefficient (Wildman–Crippen LogP) is 2.31. The minimum absolute atomic E-state index is 0.0887. The van der Waals surface area contributed by atoms with Gasteiger partial charge in [-0.05, 0) is 25.4 Å². The monoisotopic (exact) mass is 284 g/mol. The first-order valence-corrected chi connectivity index (χ1v) is 5.59. The molecule has 0 aliphatic carbocycles. The van der Waals surface area contributed by atoms with Crippen molar-refractivity contribution in [2.75, 3.05) is 24.6 Å². The van der Waals surface area contributed by atoms with Crippen LogP contribution in [0, 0.1) is 0 Å². The summed E-state index contributed by atoms with van der Waals surface area (Å²) in [6, 6.07) is -0.0897. The quantitative estimate of drug-likeness (QED) is 0.830. The molecule has 18 heavy (non-hydrogen) atoms. The van der Waals surface area contributed by atoms with Crippen LogP contribution in [0.25, 0.3) is 0 Å². The molecule has 0 radical (unpaired) electrons. The molecule has 102 valence electrons. The zero-order valence-electron chi connectivity index (χ0n) is 9.83. The van der Waals surface area contributed by atoms with Crippen molar-refractivity contribution in [3.05, 3.63) is 5.28 Å². The number of rotatable bonds is 5. The van der Waals surface area contributed by atoms with Gasteiger partial charge < -0.3 is 9.64 Å². The molecule has 0 N–H and O–H groups in total. The fourth-order valence-corrected chi connectivity index (χ4v) is 1.35. The van der Waals surface area contributed by atoms with Gasteiger partial charge in [-0.15, -0.1) is 0 Å². The first-order valence-electron chi connectivity index (χ1n) is 5.21. The molecule has 1 aromatic heterocycles. The standard InChI is InChI=1S/C9H12ClF3N4O/c1-3-17(5-9(11,12)13)7-14-6(10)15-8(16-7)18-4-2/h3-5H2,1-2H3. The number of aromatic nitrogens is 3. The first-order chi connectivity index (χ1) is 8.35. The molecule has 0 fully saturated rings. The molecule has 0 saturated carbocycles. The minimum atomic E-state index is -4.35. The molecule has 1 heterocycles. The predicted molar refractivity (Wildman–Crippen MR) is 59.9 cm³/mol. The van der Waals surface area contributed by atoms with Crippen LogP contribution in [-0.2, 0) is 0 Å². The molecule has 0 saturated heterocycles. The normalized spacial score (nSPS) is 11.4. The average Bonchev–Trinajstić information content (AvgIpc) is 2.24. The SMILES string of the molecule is CCOc1nc(Cl)nc(N(CC)CC(F)(F)F)n1. The first kappa shape index (κ1) is 14.7. The number of anilines is 1. The van der Waals surface area contributed by atoms with E-state index in [4.69, 9.17) is 16.3 Å². The Labute approximate surface area is 107 Å². The fraction of sp³-hybridized carbons (Fsp3) is 0.667. The molecule has 0 spiro atoms. The van der Waals surface area contributed by atoms with Gasteiger partial charge in [0.25, 0.3) is 0 Å². The van der Waals surface area contributed by atoms with E-state index in [1.807, 2.05) is 0 Å². The van der Waals surface area contributed by atoms with Gasteiger partial charge in [-0.2, -0.15) is 28.1 Å². The lowest BCUT2D eigenvalue weighted by atomic mass is 10.5. The van der Waals surface area contributed by atoms with Gasteiger partial charge in [-0.3, -0.25) is 0 Å². The molecule has 1 aromatic rings.